The Hall–Kier alpha value is -1.18. The van der Waals surface area contributed by atoms with Crippen molar-refractivity contribution >= 4 is 0 Å². The lowest BCUT2D eigenvalue weighted by Crippen LogP contribution is -2.62. The van der Waals surface area contributed by atoms with E-state index < -0.39 is 34.9 Å². The largest absolute Gasteiger partial charge is 0.350 e. The molecule has 5 saturated heterocycles. The second-order valence-corrected chi connectivity index (χ2v) is 23.2. The Morgan fingerprint density at radius 1 is 0.379 bits per heavy atom. The Morgan fingerprint density at radius 3 is 1.02 bits per heavy atom. The van der Waals surface area contributed by atoms with Crippen LogP contribution in [0.25, 0.3) is 0 Å². The van der Waals surface area contributed by atoms with Gasteiger partial charge in [0.25, 0.3) is 0 Å². The minimum Gasteiger partial charge on any atom is -0.350 e. The molecule has 5 aliphatic heterocycles. The van der Waals surface area contributed by atoms with E-state index >= 15 is 0 Å². The van der Waals surface area contributed by atoms with E-state index in [-0.39, 0.29) is 70.5 Å². The van der Waals surface area contributed by atoms with Gasteiger partial charge in [-0.25, -0.2) is 0 Å². The molecule has 0 aromatic heterocycles. The van der Waals surface area contributed by atoms with Gasteiger partial charge in [-0.05, 0) is 55.4 Å². The minimum atomic E-state index is -0.804. The summed E-state index contributed by atoms with van der Waals surface area (Å²) in [6.07, 6.45) is 1.07. The van der Waals surface area contributed by atoms with Gasteiger partial charge in [0.1, 0.15) is 0 Å². The van der Waals surface area contributed by atoms with E-state index in [9.17, 15) is 0 Å². The lowest BCUT2D eigenvalue weighted by Gasteiger charge is -2.57. The van der Waals surface area contributed by atoms with Gasteiger partial charge in [-0.2, -0.15) is 0 Å². The first-order valence-corrected chi connectivity index (χ1v) is 22.0. The van der Waals surface area contributed by atoms with Gasteiger partial charge < -0.3 is 47.4 Å². The van der Waals surface area contributed by atoms with Gasteiger partial charge >= 0.3 is 0 Å². The lowest BCUT2D eigenvalue weighted by molar-refractivity contribution is -0.376. The number of hydrogen-bond acceptors (Lipinski definition) is 10. The Bertz CT molecular complexity index is 1470. The highest BCUT2D eigenvalue weighted by atomic mass is 16.7. The maximum atomic E-state index is 7.10. The molecule has 58 heavy (non-hydrogen) atoms. The van der Waals surface area contributed by atoms with Gasteiger partial charge in [-0.1, -0.05) is 99.6 Å². The van der Waals surface area contributed by atoms with Crippen molar-refractivity contribution in [3.8, 4) is 0 Å². The van der Waals surface area contributed by atoms with Crippen molar-refractivity contribution in [2.45, 2.75) is 229 Å². The zero-order valence-electron chi connectivity index (χ0n) is 39.4. The second-order valence-electron chi connectivity index (χ2n) is 23.2. The van der Waals surface area contributed by atoms with Crippen LogP contribution in [0.5, 0.6) is 0 Å². The molecule has 332 valence electrons. The Kier molecular flexibility index (Phi) is 12.4. The summed E-state index contributed by atoms with van der Waals surface area (Å²) in [7, 11) is 0. The molecule has 1 unspecified atom stereocenters. The van der Waals surface area contributed by atoms with E-state index in [4.69, 9.17) is 47.4 Å². The first-order chi connectivity index (χ1) is 26.3. The van der Waals surface area contributed by atoms with Crippen LogP contribution in [-0.4, -0.2) is 85.2 Å². The number of rotatable bonds is 9. The van der Waals surface area contributed by atoms with Crippen molar-refractivity contribution in [3.05, 3.63) is 35.9 Å². The summed E-state index contributed by atoms with van der Waals surface area (Å²) >= 11 is 0. The van der Waals surface area contributed by atoms with Crippen LogP contribution >= 0.6 is 0 Å². The number of benzene rings is 1. The topological polar surface area (TPSA) is 92.3 Å². The van der Waals surface area contributed by atoms with E-state index in [1.165, 1.54) is 0 Å². The molecule has 5 aliphatic rings. The van der Waals surface area contributed by atoms with Crippen LogP contribution in [0.4, 0.5) is 0 Å². The highest BCUT2D eigenvalue weighted by Gasteiger charge is 2.58. The quantitative estimate of drug-likeness (QED) is 0.240. The molecule has 1 aromatic carbocycles. The summed E-state index contributed by atoms with van der Waals surface area (Å²) in [4.78, 5) is 0. The average molecular weight is 817 g/mol. The van der Waals surface area contributed by atoms with Crippen LogP contribution in [0, 0.1) is 27.1 Å². The van der Waals surface area contributed by atoms with Crippen molar-refractivity contribution in [2.75, 3.05) is 13.2 Å². The van der Waals surface area contributed by atoms with Crippen molar-refractivity contribution in [1.29, 1.82) is 0 Å². The zero-order chi connectivity index (χ0) is 43.1. The summed E-state index contributed by atoms with van der Waals surface area (Å²) in [5.74, 6) is -2.92. The molecular weight excluding hydrogens is 737 g/mol. The maximum Gasteiger partial charge on any atom is 0.184 e. The predicted octanol–water partition coefficient (Wildman–Crippen LogP) is 10.5. The molecule has 10 heteroatoms. The molecule has 0 radical (unpaired) electrons. The minimum absolute atomic E-state index is 0.0517. The SMILES string of the molecule is CC1(C)OCC(C)(C)[C@H](C[C@@H]2OC(C)(C)O[C@H](C[C@H]3OC(c4ccccc4)O[C@@H](C[C@@H]4OC(C)(C)O[C@H](C[C@H]5OC(C)(C)OCC5(C)C)C4(C)C)C3(C)C)C2(C)C)O1. The summed E-state index contributed by atoms with van der Waals surface area (Å²) in [5, 5.41) is 0. The van der Waals surface area contributed by atoms with Gasteiger partial charge in [-0.15, -0.1) is 0 Å². The molecule has 10 nitrogen and oxygen atoms in total. The highest BCUT2D eigenvalue weighted by molar-refractivity contribution is 5.17. The fourth-order valence-corrected chi connectivity index (χ4v) is 9.72. The third-order valence-corrected chi connectivity index (χ3v) is 14.2. The Morgan fingerprint density at radius 2 is 0.672 bits per heavy atom. The zero-order valence-corrected chi connectivity index (χ0v) is 39.4. The van der Waals surface area contributed by atoms with E-state index in [1.807, 2.05) is 73.6 Å². The van der Waals surface area contributed by atoms with Gasteiger partial charge in [0.05, 0.1) is 62.0 Å². The van der Waals surface area contributed by atoms with Crippen molar-refractivity contribution in [3.63, 3.8) is 0 Å². The fraction of sp³-hybridized carbons (Fsp3) is 0.875. The molecule has 9 atom stereocenters. The fourth-order valence-electron chi connectivity index (χ4n) is 9.72. The molecule has 5 fully saturated rings. The van der Waals surface area contributed by atoms with Gasteiger partial charge in [-0.3, -0.25) is 0 Å². The molecule has 0 spiro atoms. The van der Waals surface area contributed by atoms with Gasteiger partial charge in [0, 0.05) is 58.3 Å². The van der Waals surface area contributed by atoms with Crippen LogP contribution in [0.2, 0.25) is 0 Å². The first-order valence-electron chi connectivity index (χ1n) is 22.0. The predicted molar refractivity (Wildman–Crippen MR) is 224 cm³/mol. The average Bonchev–Trinajstić information content (AvgIpc) is 3.07. The Balaban J connectivity index is 1.28. The van der Waals surface area contributed by atoms with Gasteiger partial charge in [0.15, 0.2) is 29.4 Å². The molecule has 0 bridgehead atoms. The van der Waals surface area contributed by atoms with E-state index in [2.05, 4.69) is 81.4 Å². The van der Waals surface area contributed by atoms with Crippen molar-refractivity contribution in [2.24, 2.45) is 27.1 Å². The van der Waals surface area contributed by atoms with Crippen LogP contribution in [0.15, 0.2) is 30.3 Å². The van der Waals surface area contributed by atoms with Crippen LogP contribution in [-0.2, 0) is 47.4 Å². The summed E-state index contributed by atoms with van der Waals surface area (Å²) in [5.41, 5.74) is -0.521. The standard InChI is InChI=1S/C48H80O10/c1-40(2)28-49-45(11,12)53-31(40)24-35-43(7,8)37(57-47(15,16)55-35)26-33-42(5,6)34(52-39(51-33)30-22-20-19-21-23-30)27-38-44(9,10)36(56-48(17,18)58-38)25-32-41(3,4)29-50-46(13,14)54-32/h19-23,31-39H,24-29H2,1-18H3/t31-,32+,33+,34-,35-,36+,37+,38-,39?. The summed E-state index contributed by atoms with van der Waals surface area (Å²) in [6.45, 7) is 39.9. The maximum absolute atomic E-state index is 7.10. The molecule has 0 saturated carbocycles. The van der Waals surface area contributed by atoms with Gasteiger partial charge in [0.2, 0.25) is 0 Å². The van der Waals surface area contributed by atoms with E-state index in [1.54, 1.807) is 0 Å². The number of hydrogen-bond donors (Lipinski definition) is 0. The Labute approximate surface area is 351 Å². The molecule has 1 aromatic rings. The lowest BCUT2D eigenvalue weighted by atomic mass is 9.67. The molecule has 5 heterocycles. The van der Waals surface area contributed by atoms with Crippen LogP contribution in [0.1, 0.15) is 162 Å². The smallest absolute Gasteiger partial charge is 0.184 e. The second kappa shape index (κ2) is 15.6. The third-order valence-electron chi connectivity index (χ3n) is 14.2. The molecule has 6 rings (SSSR count). The van der Waals surface area contributed by atoms with Crippen molar-refractivity contribution in [1.82, 2.24) is 0 Å². The molecule has 0 amide bonds. The molecule has 0 N–H and O–H groups in total. The third kappa shape index (κ3) is 9.87. The van der Waals surface area contributed by atoms with Crippen LogP contribution < -0.4 is 0 Å². The normalized spacial score (nSPS) is 39.4. The summed E-state index contributed by atoms with van der Waals surface area (Å²) in [6, 6.07) is 10.3. The number of ether oxygens (including phenoxy) is 10. The molecule has 0 aliphatic carbocycles. The first kappa shape index (κ1) is 46.3. The van der Waals surface area contributed by atoms with Crippen LogP contribution in [0.3, 0.4) is 0 Å². The highest BCUT2D eigenvalue weighted by Crippen LogP contribution is 2.53. The van der Waals surface area contributed by atoms with E-state index in [0.29, 0.717) is 26.1 Å². The molecular formula is C48H80O10. The van der Waals surface area contributed by atoms with E-state index in [0.717, 1.165) is 18.4 Å². The monoisotopic (exact) mass is 817 g/mol. The van der Waals surface area contributed by atoms with Crippen molar-refractivity contribution < 1.29 is 47.4 Å². The summed E-state index contributed by atoms with van der Waals surface area (Å²) < 4.78 is 67.1.